The molecule has 3 aromatic rings. The minimum absolute atomic E-state index is 0.0444. The van der Waals surface area contributed by atoms with Crippen LogP contribution in [0.5, 0.6) is 0 Å². The fraction of sp³-hybridized carbons (Fsp3) is 0.515. The molecule has 2 saturated carbocycles. The maximum absolute atomic E-state index is 16.1. The fourth-order valence-corrected chi connectivity index (χ4v) is 8.92. The number of hydrogen-bond donors (Lipinski definition) is 3. The molecule has 3 fully saturated rings. The summed E-state index contributed by atoms with van der Waals surface area (Å²) < 4.78 is 21.1. The molecule has 7 rings (SSSR count). The first-order valence-electron chi connectivity index (χ1n) is 15.4. The van der Waals surface area contributed by atoms with Crippen LogP contribution >= 0.6 is 23.2 Å². The molecular weight excluding hydrogens is 604 g/mol. The molecule has 1 saturated heterocycles. The van der Waals surface area contributed by atoms with Crippen molar-refractivity contribution in [3.05, 3.63) is 75.6 Å². The van der Waals surface area contributed by atoms with Gasteiger partial charge in [-0.1, -0.05) is 60.4 Å². The minimum Gasteiger partial charge on any atom is -0.352 e. The number of nitrogens with zero attached hydrogens (tertiary/aromatic N) is 2. The number of anilines is 1. The number of fused-ring (bicyclic) bond motifs is 3. The van der Waals surface area contributed by atoms with Crippen molar-refractivity contribution in [3.63, 3.8) is 0 Å². The Bertz CT molecular complexity index is 1600. The maximum Gasteiger partial charge on any atom is 0.238 e. The van der Waals surface area contributed by atoms with Gasteiger partial charge >= 0.3 is 0 Å². The smallest absolute Gasteiger partial charge is 0.238 e. The van der Waals surface area contributed by atoms with E-state index in [1.807, 2.05) is 6.07 Å². The summed E-state index contributed by atoms with van der Waals surface area (Å²) in [5.74, 6) is -1.08. The van der Waals surface area contributed by atoms with Gasteiger partial charge in [0.15, 0.2) is 5.82 Å². The Labute approximate surface area is 265 Å². The van der Waals surface area contributed by atoms with Crippen LogP contribution in [-0.2, 0) is 15.0 Å². The molecule has 3 atom stereocenters. The van der Waals surface area contributed by atoms with Crippen LogP contribution < -0.4 is 16.0 Å². The van der Waals surface area contributed by atoms with Crippen molar-refractivity contribution < 1.29 is 18.5 Å². The Morgan fingerprint density at radius 1 is 1.07 bits per heavy atom. The molecule has 2 aliphatic heterocycles. The van der Waals surface area contributed by atoms with Crippen molar-refractivity contribution in [1.29, 1.82) is 0 Å². The predicted molar refractivity (Wildman–Crippen MR) is 165 cm³/mol. The molecule has 232 valence electrons. The van der Waals surface area contributed by atoms with Crippen LogP contribution in [-0.4, -0.2) is 39.6 Å². The highest BCUT2D eigenvalue weighted by atomic mass is 35.5. The standard InChI is InChI=1S/C33H36Cl2FN5O3/c1-31(2)12-14-32(15-13-31)33(22-11-8-19(34)16-24(22)39-30(33)43)25(21-4-3-5-23(35)26(21)36)27(40-32)29(42)38-20-9-6-18(7-10-20)28-37-17-44-41-28/h3-5,8,11,16-18,20,25,27,40H,6-7,9-10,12-15H2,1-2H3,(H,38,42)(H,39,43)/t18?,20?,25-,27+,33?/m0/s1. The normalized spacial score (nSPS) is 30.3. The van der Waals surface area contributed by atoms with E-state index in [2.05, 4.69) is 39.9 Å². The lowest BCUT2D eigenvalue weighted by Crippen LogP contribution is -2.61. The third-order valence-electron chi connectivity index (χ3n) is 10.9. The van der Waals surface area contributed by atoms with Crippen LogP contribution in [0.15, 0.2) is 47.3 Å². The van der Waals surface area contributed by atoms with Gasteiger partial charge in [-0.2, -0.15) is 4.98 Å². The Balaban J connectivity index is 1.31. The largest absolute Gasteiger partial charge is 0.352 e. The molecule has 0 radical (unpaired) electrons. The number of halogens is 3. The third-order valence-corrected chi connectivity index (χ3v) is 11.4. The molecule has 2 amide bonds. The SMILES string of the molecule is CC1(C)CCC2(CC1)N[C@@H](C(=O)NC1CCC(c3ncon3)CC1)[C@H](c1cccc(Cl)c1F)C21C(=O)Nc2cc(Cl)ccc21. The second kappa shape index (κ2) is 10.8. The Hall–Kier alpha value is -3.01. The molecule has 3 heterocycles. The van der Waals surface area contributed by atoms with E-state index in [9.17, 15) is 9.59 Å². The lowest BCUT2D eigenvalue weighted by Gasteiger charge is -2.50. The summed E-state index contributed by atoms with van der Waals surface area (Å²) >= 11 is 12.8. The lowest BCUT2D eigenvalue weighted by molar-refractivity contribution is -0.125. The monoisotopic (exact) mass is 639 g/mol. The summed E-state index contributed by atoms with van der Waals surface area (Å²) in [4.78, 5) is 33.2. The van der Waals surface area contributed by atoms with Crippen molar-refractivity contribution in [2.45, 2.75) is 100 Å². The van der Waals surface area contributed by atoms with Crippen LogP contribution in [0.1, 0.15) is 94.0 Å². The van der Waals surface area contributed by atoms with Crippen LogP contribution in [0.3, 0.4) is 0 Å². The number of hydrogen-bond acceptors (Lipinski definition) is 6. The average Bonchev–Trinajstić information content (AvgIpc) is 3.70. The summed E-state index contributed by atoms with van der Waals surface area (Å²) in [5.41, 5.74) is -0.413. The number of amides is 2. The van der Waals surface area contributed by atoms with Gasteiger partial charge in [-0.15, -0.1) is 0 Å². The number of nitrogens with one attached hydrogen (secondary N) is 3. The lowest BCUT2D eigenvalue weighted by atomic mass is 9.53. The van der Waals surface area contributed by atoms with Crippen molar-refractivity contribution in [3.8, 4) is 0 Å². The average molecular weight is 641 g/mol. The van der Waals surface area contributed by atoms with E-state index in [0.29, 0.717) is 29.4 Å². The van der Waals surface area contributed by atoms with E-state index in [0.717, 1.165) is 44.1 Å². The topological polar surface area (TPSA) is 109 Å². The Morgan fingerprint density at radius 2 is 1.82 bits per heavy atom. The maximum atomic E-state index is 16.1. The first-order valence-corrected chi connectivity index (χ1v) is 16.2. The highest BCUT2D eigenvalue weighted by Gasteiger charge is 2.73. The summed E-state index contributed by atoms with van der Waals surface area (Å²) in [7, 11) is 0. The molecule has 8 nitrogen and oxygen atoms in total. The van der Waals surface area contributed by atoms with Crippen LogP contribution in [0, 0.1) is 11.2 Å². The van der Waals surface area contributed by atoms with E-state index in [1.54, 1.807) is 24.3 Å². The Kier molecular flexibility index (Phi) is 7.29. The van der Waals surface area contributed by atoms with Gasteiger partial charge in [0.1, 0.15) is 11.2 Å². The first kappa shape index (κ1) is 29.7. The van der Waals surface area contributed by atoms with Crippen LogP contribution in [0.2, 0.25) is 10.0 Å². The summed E-state index contributed by atoms with van der Waals surface area (Å²) in [5, 5.41) is 14.5. The van der Waals surface area contributed by atoms with Gasteiger partial charge in [-0.3, -0.25) is 14.9 Å². The van der Waals surface area contributed by atoms with Gasteiger partial charge in [0.2, 0.25) is 18.2 Å². The van der Waals surface area contributed by atoms with E-state index in [-0.39, 0.29) is 39.8 Å². The second-order valence-corrected chi connectivity index (χ2v) is 14.6. The van der Waals surface area contributed by atoms with Gasteiger partial charge in [-0.25, -0.2) is 4.39 Å². The molecule has 2 aliphatic carbocycles. The summed E-state index contributed by atoms with van der Waals surface area (Å²) in [6.45, 7) is 4.46. The zero-order valence-electron chi connectivity index (χ0n) is 24.8. The number of carbonyl (C=O) groups is 2. The van der Waals surface area contributed by atoms with E-state index in [1.165, 1.54) is 12.5 Å². The molecule has 2 aromatic carbocycles. The molecular formula is C33H36Cl2FN5O3. The molecule has 1 aromatic heterocycles. The fourth-order valence-electron chi connectivity index (χ4n) is 8.56. The molecule has 1 unspecified atom stereocenters. The summed E-state index contributed by atoms with van der Waals surface area (Å²) in [6.07, 6.45) is 7.45. The number of aromatic nitrogens is 2. The number of carbonyl (C=O) groups excluding carboxylic acids is 2. The van der Waals surface area contributed by atoms with Gasteiger partial charge in [0, 0.05) is 34.1 Å². The number of benzene rings is 2. The van der Waals surface area contributed by atoms with E-state index >= 15 is 4.39 Å². The summed E-state index contributed by atoms with van der Waals surface area (Å²) in [6, 6.07) is 9.27. The zero-order chi connectivity index (χ0) is 30.9. The molecule has 4 aliphatic rings. The van der Waals surface area contributed by atoms with Crippen molar-refractivity contribution >= 4 is 40.7 Å². The second-order valence-electron chi connectivity index (χ2n) is 13.8. The van der Waals surface area contributed by atoms with Crippen molar-refractivity contribution in [1.82, 2.24) is 20.8 Å². The van der Waals surface area contributed by atoms with Gasteiger partial charge in [0.05, 0.1) is 11.1 Å². The quantitative estimate of drug-likeness (QED) is 0.295. The first-order chi connectivity index (χ1) is 21.0. The molecule has 11 heteroatoms. The van der Waals surface area contributed by atoms with E-state index < -0.39 is 28.7 Å². The van der Waals surface area contributed by atoms with Gasteiger partial charge in [-0.05, 0) is 86.1 Å². The highest BCUT2D eigenvalue weighted by molar-refractivity contribution is 6.31. The highest BCUT2D eigenvalue weighted by Crippen LogP contribution is 2.64. The predicted octanol–water partition coefficient (Wildman–Crippen LogP) is 6.64. The third kappa shape index (κ3) is 4.57. The number of rotatable bonds is 4. The Morgan fingerprint density at radius 3 is 2.52 bits per heavy atom. The van der Waals surface area contributed by atoms with Crippen molar-refractivity contribution in [2.24, 2.45) is 5.41 Å². The molecule has 2 spiro atoms. The molecule has 44 heavy (non-hydrogen) atoms. The van der Waals surface area contributed by atoms with E-state index in [4.69, 9.17) is 27.7 Å². The minimum atomic E-state index is -1.27. The molecule has 0 bridgehead atoms. The van der Waals surface area contributed by atoms with Gasteiger partial charge in [0.25, 0.3) is 0 Å². The van der Waals surface area contributed by atoms with Crippen LogP contribution in [0.25, 0.3) is 0 Å². The van der Waals surface area contributed by atoms with Crippen molar-refractivity contribution in [2.75, 3.05) is 5.32 Å². The van der Waals surface area contributed by atoms with Gasteiger partial charge < -0.3 is 15.2 Å². The van der Waals surface area contributed by atoms with Crippen LogP contribution in [0.4, 0.5) is 10.1 Å². The zero-order valence-corrected chi connectivity index (χ0v) is 26.3. The molecule has 3 N–H and O–H groups in total.